The largest absolute Gasteiger partial charge is 0.481 e. The number of carboxylic acid groups (broad SMARTS) is 1. The van der Waals surface area contributed by atoms with Gasteiger partial charge in [0, 0.05) is 17.5 Å². The smallest absolute Gasteiger partial charge is 0.309 e. The minimum absolute atomic E-state index is 0.129. The number of carboxylic acids is 1. The van der Waals surface area contributed by atoms with Crippen LogP contribution in [0, 0.1) is 11.7 Å². The van der Waals surface area contributed by atoms with E-state index >= 15 is 0 Å². The van der Waals surface area contributed by atoms with Crippen LogP contribution in [0.25, 0.3) is 0 Å². The molecule has 2 N–H and O–H groups in total. The predicted octanol–water partition coefficient (Wildman–Crippen LogP) is 2.65. The SMILES string of the molecule is CC(C)CN(CC(=O)Nc1nc(CC(=O)O)cs1)C(=O)c1ccc(F)cc1. The van der Waals surface area contributed by atoms with Gasteiger partial charge in [-0.3, -0.25) is 14.4 Å². The lowest BCUT2D eigenvalue weighted by atomic mass is 10.1. The van der Waals surface area contributed by atoms with E-state index in [0.29, 0.717) is 17.8 Å². The number of hydrogen-bond acceptors (Lipinski definition) is 5. The lowest BCUT2D eigenvalue weighted by molar-refractivity contribution is -0.136. The topological polar surface area (TPSA) is 99.6 Å². The quantitative estimate of drug-likeness (QED) is 0.718. The van der Waals surface area contributed by atoms with Crippen LogP contribution in [0.15, 0.2) is 29.6 Å². The van der Waals surface area contributed by atoms with E-state index in [2.05, 4.69) is 10.3 Å². The summed E-state index contributed by atoms with van der Waals surface area (Å²) in [6, 6.07) is 5.14. The van der Waals surface area contributed by atoms with Gasteiger partial charge in [-0.2, -0.15) is 0 Å². The van der Waals surface area contributed by atoms with E-state index in [9.17, 15) is 18.8 Å². The van der Waals surface area contributed by atoms with E-state index < -0.39 is 17.7 Å². The van der Waals surface area contributed by atoms with Crippen molar-refractivity contribution in [2.45, 2.75) is 20.3 Å². The summed E-state index contributed by atoms with van der Waals surface area (Å²) in [5.41, 5.74) is 0.645. The molecule has 1 aromatic carbocycles. The highest BCUT2D eigenvalue weighted by Gasteiger charge is 2.20. The van der Waals surface area contributed by atoms with Crippen molar-refractivity contribution in [1.82, 2.24) is 9.88 Å². The number of aliphatic carboxylic acids is 1. The Balaban J connectivity index is 2.05. The van der Waals surface area contributed by atoms with Crippen LogP contribution in [0.4, 0.5) is 9.52 Å². The number of carbonyl (C=O) groups is 3. The van der Waals surface area contributed by atoms with Crippen LogP contribution in [0.2, 0.25) is 0 Å². The molecule has 2 amide bonds. The molecule has 2 aromatic rings. The van der Waals surface area contributed by atoms with E-state index in [4.69, 9.17) is 5.11 Å². The van der Waals surface area contributed by atoms with Gasteiger partial charge >= 0.3 is 5.97 Å². The minimum Gasteiger partial charge on any atom is -0.481 e. The van der Waals surface area contributed by atoms with Crippen LogP contribution in [-0.4, -0.2) is 45.9 Å². The highest BCUT2D eigenvalue weighted by atomic mass is 32.1. The van der Waals surface area contributed by atoms with Crippen LogP contribution < -0.4 is 5.32 Å². The predicted molar refractivity (Wildman–Crippen MR) is 99.2 cm³/mol. The molecular weight excluding hydrogens is 373 g/mol. The van der Waals surface area contributed by atoms with E-state index in [-0.39, 0.29) is 29.9 Å². The van der Waals surface area contributed by atoms with Crippen LogP contribution in [0.3, 0.4) is 0 Å². The maximum atomic E-state index is 13.1. The Labute approximate surface area is 159 Å². The Kier molecular flexibility index (Phi) is 7.00. The number of benzene rings is 1. The second-order valence-electron chi connectivity index (χ2n) is 6.35. The third-order valence-electron chi connectivity index (χ3n) is 3.43. The van der Waals surface area contributed by atoms with Gasteiger partial charge in [0.1, 0.15) is 12.4 Å². The van der Waals surface area contributed by atoms with Gasteiger partial charge in [0.25, 0.3) is 5.91 Å². The fourth-order valence-electron chi connectivity index (χ4n) is 2.37. The number of halogens is 1. The second kappa shape index (κ2) is 9.22. The number of thiazole rings is 1. The van der Waals surface area contributed by atoms with Crippen molar-refractivity contribution < 1.29 is 23.9 Å². The summed E-state index contributed by atoms with van der Waals surface area (Å²) in [5, 5.41) is 13.2. The Bertz CT molecular complexity index is 820. The van der Waals surface area contributed by atoms with Gasteiger partial charge < -0.3 is 15.3 Å². The van der Waals surface area contributed by atoms with Gasteiger partial charge in [-0.05, 0) is 30.2 Å². The number of rotatable bonds is 8. The van der Waals surface area contributed by atoms with Crippen LogP contribution in [0.1, 0.15) is 29.9 Å². The molecule has 0 radical (unpaired) electrons. The normalized spacial score (nSPS) is 10.7. The molecule has 27 heavy (non-hydrogen) atoms. The van der Waals surface area contributed by atoms with Crippen molar-refractivity contribution >= 4 is 34.3 Å². The van der Waals surface area contributed by atoms with E-state index in [1.807, 2.05) is 13.8 Å². The van der Waals surface area contributed by atoms with Gasteiger partial charge in [-0.15, -0.1) is 11.3 Å². The Morgan fingerprint density at radius 2 is 1.93 bits per heavy atom. The maximum absolute atomic E-state index is 13.1. The summed E-state index contributed by atoms with van der Waals surface area (Å²) in [4.78, 5) is 41.1. The molecule has 0 aliphatic rings. The molecule has 7 nitrogen and oxygen atoms in total. The standard InChI is InChI=1S/C18H20FN3O4S/c1-11(2)8-22(17(26)12-3-5-13(19)6-4-12)9-15(23)21-18-20-14(10-27-18)7-16(24)25/h3-6,10-11H,7-9H2,1-2H3,(H,24,25)(H,20,21,23). The first kappa shape index (κ1) is 20.5. The summed E-state index contributed by atoms with van der Waals surface area (Å²) in [6.07, 6.45) is -0.227. The summed E-state index contributed by atoms with van der Waals surface area (Å²) in [5.74, 6) is -2.14. The van der Waals surface area contributed by atoms with Crippen molar-refractivity contribution in [3.8, 4) is 0 Å². The molecule has 9 heteroatoms. The van der Waals surface area contributed by atoms with Crippen molar-refractivity contribution in [3.05, 3.63) is 46.7 Å². The van der Waals surface area contributed by atoms with E-state index in [0.717, 1.165) is 11.3 Å². The molecule has 0 spiro atoms. The monoisotopic (exact) mass is 393 g/mol. The Morgan fingerprint density at radius 3 is 2.52 bits per heavy atom. The average molecular weight is 393 g/mol. The zero-order chi connectivity index (χ0) is 20.0. The van der Waals surface area contributed by atoms with Gasteiger partial charge in [-0.1, -0.05) is 13.8 Å². The van der Waals surface area contributed by atoms with E-state index in [1.165, 1.54) is 29.2 Å². The molecule has 0 unspecified atom stereocenters. The number of nitrogens with zero attached hydrogens (tertiary/aromatic N) is 2. The molecule has 1 aromatic heterocycles. The number of carbonyl (C=O) groups excluding carboxylic acids is 2. The van der Waals surface area contributed by atoms with Gasteiger partial charge in [0.15, 0.2) is 5.13 Å². The molecule has 0 aliphatic heterocycles. The summed E-state index contributed by atoms with van der Waals surface area (Å²) < 4.78 is 13.1. The van der Waals surface area contributed by atoms with Crippen molar-refractivity contribution in [1.29, 1.82) is 0 Å². The molecule has 2 rings (SSSR count). The highest BCUT2D eigenvalue weighted by molar-refractivity contribution is 7.13. The number of nitrogens with one attached hydrogen (secondary N) is 1. The van der Waals surface area contributed by atoms with Crippen LogP contribution in [-0.2, 0) is 16.0 Å². The summed E-state index contributed by atoms with van der Waals surface area (Å²) >= 11 is 1.12. The first-order valence-electron chi connectivity index (χ1n) is 8.25. The number of anilines is 1. The van der Waals surface area contributed by atoms with Crippen molar-refractivity contribution in [2.75, 3.05) is 18.4 Å². The molecular formula is C18H20FN3O4S. The van der Waals surface area contributed by atoms with Gasteiger partial charge in [0.05, 0.1) is 12.1 Å². The zero-order valence-electron chi connectivity index (χ0n) is 14.9. The number of aromatic nitrogens is 1. The fourth-order valence-corrected chi connectivity index (χ4v) is 3.09. The molecule has 0 aliphatic carbocycles. The molecule has 144 valence electrons. The first-order chi connectivity index (χ1) is 12.7. The van der Waals surface area contributed by atoms with Crippen LogP contribution in [0.5, 0.6) is 0 Å². The Morgan fingerprint density at radius 1 is 1.26 bits per heavy atom. The third-order valence-corrected chi connectivity index (χ3v) is 4.24. The molecule has 0 saturated heterocycles. The first-order valence-corrected chi connectivity index (χ1v) is 9.13. The van der Waals surface area contributed by atoms with Crippen LogP contribution >= 0.6 is 11.3 Å². The lowest BCUT2D eigenvalue weighted by Gasteiger charge is -2.24. The van der Waals surface area contributed by atoms with Gasteiger partial charge in [-0.25, -0.2) is 9.37 Å². The van der Waals surface area contributed by atoms with Crippen molar-refractivity contribution in [3.63, 3.8) is 0 Å². The van der Waals surface area contributed by atoms with Crippen molar-refractivity contribution in [2.24, 2.45) is 5.92 Å². The fraction of sp³-hybridized carbons (Fsp3) is 0.333. The van der Waals surface area contributed by atoms with Gasteiger partial charge in [0.2, 0.25) is 5.91 Å². The Hall–Kier alpha value is -2.81. The third kappa shape index (κ3) is 6.45. The minimum atomic E-state index is -1.01. The highest BCUT2D eigenvalue weighted by Crippen LogP contribution is 2.16. The molecule has 1 heterocycles. The average Bonchev–Trinajstić information content (AvgIpc) is 2.99. The molecule has 0 saturated carbocycles. The maximum Gasteiger partial charge on any atom is 0.309 e. The number of amides is 2. The molecule has 0 bridgehead atoms. The van der Waals surface area contributed by atoms with E-state index in [1.54, 1.807) is 5.38 Å². The lowest BCUT2D eigenvalue weighted by Crippen LogP contribution is -2.40. The molecule has 0 fully saturated rings. The summed E-state index contributed by atoms with van der Waals surface area (Å²) in [7, 11) is 0. The second-order valence-corrected chi connectivity index (χ2v) is 7.21. The number of hydrogen-bond donors (Lipinski definition) is 2. The summed E-state index contributed by atoms with van der Waals surface area (Å²) in [6.45, 7) is 4.00. The zero-order valence-corrected chi connectivity index (χ0v) is 15.8. The molecule has 0 atom stereocenters.